The van der Waals surface area contributed by atoms with Crippen LogP contribution in [0.25, 0.3) is 0 Å². The molecular weight excluding hydrogens is 238 g/mol. The molecule has 1 aromatic rings. The largest absolute Gasteiger partial charge is 0.354 e. The second-order valence-corrected chi connectivity index (χ2v) is 4.71. The van der Waals surface area contributed by atoms with E-state index >= 15 is 0 Å². The quantitative estimate of drug-likeness (QED) is 0.881. The zero-order chi connectivity index (χ0) is 13.0. The number of nitrogens with one attached hydrogen (secondary N) is 1. The van der Waals surface area contributed by atoms with Crippen molar-refractivity contribution in [2.75, 3.05) is 0 Å². The van der Waals surface area contributed by atoms with Crippen LogP contribution in [-0.2, 0) is 11.3 Å². The zero-order valence-electron chi connectivity index (χ0n) is 10.9. The highest BCUT2D eigenvalue weighted by Crippen LogP contribution is 2.18. The molecule has 0 bridgehead atoms. The summed E-state index contributed by atoms with van der Waals surface area (Å²) in [5, 5.41) is 7.90. The van der Waals surface area contributed by atoms with Crippen LogP contribution in [0.2, 0.25) is 5.02 Å². The lowest BCUT2D eigenvalue weighted by Gasteiger charge is -2.11. The first-order chi connectivity index (χ1) is 7.95. The molecule has 96 valence electrons. The molecule has 0 spiro atoms. The molecule has 0 aliphatic rings. The number of hydrogen-bond acceptors (Lipinski definition) is 2. The number of halogens is 1. The minimum Gasteiger partial charge on any atom is -0.354 e. The number of nitrogens with zero attached hydrogens (tertiary/aromatic N) is 2. The van der Waals surface area contributed by atoms with Gasteiger partial charge in [-0.15, -0.1) is 0 Å². The molecule has 0 saturated heterocycles. The molecule has 0 radical (unpaired) electrons. The number of hydrogen-bond donors (Lipinski definition) is 1. The van der Waals surface area contributed by atoms with E-state index in [-0.39, 0.29) is 11.9 Å². The number of carbonyl (C=O) groups excluding carboxylic acids is 1. The Morgan fingerprint density at radius 3 is 2.65 bits per heavy atom. The van der Waals surface area contributed by atoms with E-state index in [1.165, 1.54) is 0 Å². The van der Waals surface area contributed by atoms with Gasteiger partial charge in [-0.3, -0.25) is 9.48 Å². The van der Waals surface area contributed by atoms with Crippen molar-refractivity contribution in [3.05, 3.63) is 16.4 Å². The van der Waals surface area contributed by atoms with E-state index in [4.69, 9.17) is 11.6 Å². The summed E-state index contributed by atoms with van der Waals surface area (Å²) in [7, 11) is 0. The molecule has 1 amide bonds. The van der Waals surface area contributed by atoms with Crippen LogP contribution in [0.15, 0.2) is 0 Å². The van der Waals surface area contributed by atoms with Gasteiger partial charge in [0, 0.05) is 12.5 Å². The molecule has 0 saturated carbocycles. The zero-order valence-corrected chi connectivity index (χ0v) is 11.6. The number of amides is 1. The highest BCUT2D eigenvalue weighted by atomic mass is 35.5. The van der Waals surface area contributed by atoms with Gasteiger partial charge in [0.05, 0.1) is 23.0 Å². The minimum absolute atomic E-state index is 0.0584. The summed E-state index contributed by atoms with van der Waals surface area (Å²) in [5.74, 6) is 0.0584. The Bertz CT molecular complexity index is 401. The van der Waals surface area contributed by atoms with E-state index < -0.39 is 0 Å². The maximum absolute atomic E-state index is 11.6. The monoisotopic (exact) mass is 257 g/mol. The lowest BCUT2D eigenvalue weighted by molar-refractivity contribution is -0.121. The van der Waals surface area contributed by atoms with Crippen molar-refractivity contribution in [2.45, 2.75) is 53.1 Å². The first-order valence-corrected chi connectivity index (χ1v) is 6.32. The Hall–Kier alpha value is -1.03. The lowest BCUT2D eigenvalue weighted by Crippen LogP contribution is -2.32. The smallest absolute Gasteiger partial charge is 0.222 e. The molecule has 1 aromatic heterocycles. The van der Waals surface area contributed by atoms with Crippen molar-refractivity contribution in [2.24, 2.45) is 0 Å². The van der Waals surface area contributed by atoms with Gasteiger partial charge in [0.25, 0.3) is 0 Å². The van der Waals surface area contributed by atoms with Gasteiger partial charge in [-0.1, -0.05) is 18.5 Å². The first kappa shape index (κ1) is 14.0. The van der Waals surface area contributed by atoms with Crippen LogP contribution in [0, 0.1) is 13.8 Å². The maximum atomic E-state index is 11.6. The van der Waals surface area contributed by atoms with E-state index in [1.54, 1.807) is 4.68 Å². The van der Waals surface area contributed by atoms with Gasteiger partial charge in [-0.05, 0) is 27.2 Å². The predicted octanol–water partition coefficient (Wildman–Crippen LogP) is 2.46. The van der Waals surface area contributed by atoms with E-state index in [2.05, 4.69) is 10.4 Å². The van der Waals surface area contributed by atoms with Gasteiger partial charge >= 0.3 is 0 Å². The van der Waals surface area contributed by atoms with Crippen LogP contribution >= 0.6 is 11.6 Å². The summed E-state index contributed by atoms with van der Waals surface area (Å²) in [4.78, 5) is 11.6. The van der Waals surface area contributed by atoms with Crippen LogP contribution < -0.4 is 5.32 Å². The molecule has 0 aliphatic carbocycles. The maximum Gasteiger partial charge on any atom is 0.222 e. The van der Waals surface area contributed by atoms with Crippen LogP contribution in [-0.4, -0.2) is 21.7 Å². The molecule has 1 atom stereocenters. The van der Waals surface area contributed by atoms with Crippen LogP contribution in [0.5, 0.6) is 0 Å². The molecule has 1 rings (SSSR count). The van der Waals surface area contributed by atoms with E-state index in [0.717, 1.165) is 17.8 Å². The molecule has 0 aromatic carbocycles. The third kappa shape index (κ3) is 3.73. The molecule has 0 fully saturated rings. The van der Waals surface area contributed by atoms with Gasteiger partial charge in [-0.2, -0.15) is 5.10 Å². The highest BCUT2D eigenvalue weighted by molar-refractivity contribution is 6.31. The summed E-state index contributed by atoms with van der Waals surface area (Å²) in [6.07, 6.45) is 1.38. The predicted molar refractivity (Wildman–Crippen MR) is 69.2 cm³/mol. The average molecular weight is 258 g/mol. The number of carbonyl (C=O) groups is 1. The summed E-state index contributed by atoms with van der Waals surface area (Å²) >= 11 is 6.04. The molecule has 17 heavy (non-hydrogen) atoms. The molecule has 1 N–H and O–H groups in total. The summed E-state index contributed by atoms with van der Waals surface area (Å²) in [6.45, 7) is 8.39. The third-order valence-electron chi connectivity index (χ3n) is 2.86. The molecule has 1 unspecified atom stereocenters. The summed E-state index contributed by atoms with van der Waals surface area (Å²) in [5.41, 5.74) is 1.73. The van der Waals surface area contributed by atoms with Gasteiger partial charge in [-0.25, -0.2) is 0 Å². The highest BCUT2D eigenvalue weighted by Gasteiger charge is 2.11. The Morgan fingerprint density at radius 1 is 1.53 bits per heavy atom. The summed E-state index contributed by atoms with van der Waals surface area (Å²) in [6, 6.07) is 0.228. The first-order valence-electron chi connectivity index (χ1n) is 5.94. The average Bonchev–Trinajstić information content (AvgIpc) is 2.54. The Balaban J connectivity index is 2.50. The van der Waals surface area contributed by atoms with Crippen molar-refractivity contribution < 1.29 is 4.79 Å². The van der Waals surface area contributed by atoms with Gasteiger partial charge in [0.2, 0.25) is 5.91 Å². The van der Waals surface area contributed by atoms with E-state index in [1.807, 2.05) is 27.7 Å². The molecule has 1 heterocycles. The van der Waals surface area contributed by atoms with Gasteiger partial charge in [0.1, 0.15) is 0 Å². The van der Waals surface area contributed by atoms with Crippen molar-refractivity contribution >= 4 is 17.5 Å². The van der Waals surface area contributed by atoms with Crippen molar-refractivity contribution in [3.63, 3.8) is 0 Å². The van der Waals surface area contributed by atoms with Crippen molar-refractivity contribution in [3.8, 4) is 0 Å². The Kier molecular flexibility index (Phi) is 5.00. The van der Waals surface area contributed by atoms with Crippen LogP contribution in [0.4, 0.5) is 0 Å². The molecule has 4 nitrogen and oxygen atoms in total. The third-order valence-corrected chi connectivity index (χ3v) is 3.41. The second kappa shape index (κ2) is 6.05. The number of aryl methyl sites for hydroxylation is 2. The SMILES string of the molecule is CCC(C)NC(=O)CCn1nc(C)c(Cl)c1C. The fourth-order valence-corrected chi connectivity index (χ4v) is 1.68. The Labute approximate surface area is 107 Å². The number of aromatic nitrogens is 2. The second-order valence-electron chi connectivity index (χ2n) is 4.33. The standard InChI is InChI=1S/C12H20ClN3O/c1-5-8(2)14-11(17)6-7-16-10(4)12(13)9(3)15-16/h8H,5-7H2,1-4H3,(H,14,17). The van der Waals surface area contributed by atoms with Gasteiger partial charge < -0.3 is 5.32 Å². The normalized spacial score (nSPS) is 12.5. The Morgan fingerprint density at radius 2 is 2.18 bits per heavy atom. The fourth-order valence-electron chi connectivity index (χ4n) is 1.55. The summed E-state index contributed by atoms with van der Waals surface area (Å²) < 4.78 is 1.79. The number of rotatable bonds is 5. The van der Waals surface area contributed by atoms with Gasteiger partial charge in [0.15, 0.2) is 0 Å². The van der Waals surface area contributed by atoms with Crippen molar-refractivity contribution in [1.82, 2.24) is 15.1 Å². The molecular formula is C12H20ClN3O. The lowest BCUT2D eigenvalue weighted by atomic mass is 10.2. The van der Waals surface area contributed by atoms with E-state index in [0.29, 0.717) is 18.0 Å². The topological polar surface area (TPSA) is 46.9 Å². The van der Waals surface area contributed by atoms with Crippen molar-refractivity contribution in [1.29, 1.82) is 0 Å². The van der Waals surface area contributed by atoms with Crippen LogP contribution in [0.3, 0.4) is 0 Å². The fraction of sp³-hybridized carbons (Fsp3) is 0.667. The minimum atomic E-state index is 0.0584. The molecule has 0 aliphatic heterocycles. The van der Waals surface area contributed by atoms with E-state index in [9.17, 15) is 4.79 Å². The van der Waals surface area contributed by atoms with Crippen LogP contribution in [0.1, 0.15) is 38.1 Å². The molecule has 5 heteroatoms.